The summed E-state index contributed by atoms with van der Waals surface area (Å²) in [7, 11) is 0. The van der Waals surface area contributed by atoms with Crippen LogP contribution in [0.3, 0.4) is 0 Å². The minimum atomic E-state index is -0.188. The van der Waals surface area contributed by atoms with Crippen molar-refractivity contribution in [2.24, 2.45) is 0 Å². The summed E-state index contributed by atoms with van der Waals surface area (Å²) in [5, 5.41) is 13.3. The summed E-state index contributed by atoms with van der Waals surface area (Å²) in [6.07, 6.45) is 0.930. The molecule has 0 heterocycles. The number of phenolic OH excluding ortho intramolecular Hbond substituents is 1. The molecule has 0 radical (unpaired) electrons. The highest BCUT2D eigenvalue weighted by Gasteiger charge is 2.20. The Hall–Kier alpha value is -1.06. The molecule has 0 aromatic heterocycles. The van der Waals surface area contributed by atoms with E-state index in [1.165, 1.54) is 0 Å². The van der Waals surface area contributed by atoms with Crippen molar-refractivity contribution in [3.63, 3.8) is 0 Å². The summed E-state index contributed by atoms with van der Waals surface area (Å²) in [6, 6.07) is 7.64. The van der Waals surface area contributed by atoms with Crippen molar-refractivity contribution < 1.29 is 9.84 Å². The Morgan fingerprint density at radius 2 is 1.94 bits per heavy atom. The van der Waals surface area contributed by atoms with Crippen molar-refractivity contribution in [2.75, 3.05) is 13.2 Å². The Bertz CT molecular complexity index is 363. The molecule has 1 aromatic carbocycles. The van der Waals surface area contributed by atoms with Gasteiger partial charge in [0.15, 0.2) is 0 Å². The first-order chi connectivity index (χ1) is 8.50. The lowest BCUT2D eigenvalue weighted by Crippen LogP contribution is -2.39. The minimum Gasteiger partial charge on any atom is -0.508 e. The highest BCUT2D eigenvalue weighted by molar-refractivity contribution is 5.34. The van der Waals surface area contributed by atoms with E-state index < -0.39 is 0 Å². The maximum absolute atomic E-state index is 9.87. The van der Waals surface area contributed by atoms with Gasteiger partial charge < -0.3 is 15.2 Å². The molecule has 1 unspecified atom stereocenters. The largest absolute Gasteiger partial charge is 0.508 e. The molecule has 0 saturated heterocycles. The average molecular weight is 251 g/mol. The van der Waals surface area contributed by atoms with Crippen LogP contribution in [0.25, 0.3) is 0 Å². The predicted molar refractivity (Wildman–Crippen MR) is 74.8 cm³/mol. The summed E-state index contributed by atoms with van der Waals surface area (Å²) in [5.74, 6) is 0.353. The second kappa shape index (κ2) is 6.76. The molecule has 3 heteroatoms. The zero-order chi connectivity index (χ0) is 13.6. The number of aromatic hydroxyl groups is 1. The fraction of sp³-hybridized carbons (Fsp3) is 0.600. The lowest BCUT2D eigenvalue weighted by molar-refractivity contribution is -0.0107. The number of rotatable bonds is 7. The number of hydrogen-bond donors (Lipinski definition) is 2. The van der Waals surface area contributed by atoms with E-state index in [0.717, 1.165) is 18.5 Å². The van der Waals surface area contributed by atoms with Gasteiger partial charge in [0.25, 0.3) is 0 Å². The number of nitrogens with one attached hydrogen (secondary N) is 1. The maximum Gasteiger partial charge on any atom is 0.120 e. The van der Waals surface area contributed by atoms with Crippen molar-refractivity contribution in [2.45, 2.75) is 45.8 Å². The monoisotopic (exact) mass is 251 g/mol. The van der Waals surface area contributed by atoms with Crippen molar-refractivity contribution >= 4 is 0 Å². The fourth-order valence-electron chi connectivity index (χ4n) is 2.07. The molecule has 18 heavy (non-hydrogen) atoms. The van der Waals surface area contributed by atoms with Crippen LogP contribution in [0.2, 0.25) is 0 Å². The fourth-order valence-corrected chi connectivity index (χ4v) is 2.07. The van der Waals surface area contributed by atoms with E-state index in [1.807, 2.05) is 25.1 Å². The third kappa shape index (κ3) is 4.31. The van der Waals surface area contributed by atoms with E-state index in [-0.39, 0.29) is 11.6 Å². The molecule has 0 saturated carbocycles. The average Bonchev–Trinajstić information content (AvgIpc) is 2.32. The van der Waals surface area contributed by atoms with Gasteiger partial charge in [0.2, 0.25) is 0 Å². The smallest absolute Gasteiger partial charge is 0.120 e. The summed E-state index contributed by atoms with van der Waals surface area (Å²) in [6.45, 7) is 9.72. The molecule has 0 spiro atoms. The van der Waals surface area contributed by atoms with E-state index in [1.54, 1.807) is 6.07 Å². The quantitative estimate of drug-likeness (QED) is 0.781. The van der Waals surface area contributed by atoms with E-state index in [4.69, 9.17) is 4.74 Å². The van der Waals surface area contributed by atoms with Crippen LogP contribution in [-0.2, 0) is 4.74 Å². The minimum absolute atomic E-state index is 0.158. The highest BCUT2D eigenvalue weighted by atomic mass is 16.5. The molecule has 0 amide bonds. The maximum atomic E-state index is 9.87. The molecule has 102 valence electrons. The lowest BCUT2D eigenvalue weighted by atomic mass is 10.0. The van der Waals surface area contributed by atoms with Gasteiger partial charge in [-0.3, -0.25) is 0 Å². The predicted octanol–water partition coefficient (Wildman–Crippen LogP) is 3.25. The Balaban J connectivity index is 2.66. The molecule has 1 rings (SSSR count). The first-order valence-corrected chi connectivity index (χ1v) is 6.65. The Kier molecular flexibility index (Phi) is 5.63. The second-order valence-electron chi connectivity index (χ2n) is 5.09. The van der Waals surface area contributed by atoms with Gasteiger partial charge in [0, 0.05) is 24.8 Å². The van der Waals surface area contributed by atoms with Gasteiger partial charge in [-0.15, -0.1) is 0 Å². The van der Waals surface area contributed by atoms with Crippen LogP contribution in [0.15, 0.2) is 24.3 Å². The van der Waals surface area contributed by atoms with E-state index in [2.05, 4.69) is 26.1 Å². The van der Waals surface area contributed by atoms with Gasteiger partial charge in [-0.1, -0.05) is 25.1 Å². The van der Waals surface area contributed by atoms with Crippen LogP contribution in [-0.4, -0.2) is 23.9 Å². The zero-order valence-electron chi connectivity index (χ0n) is 11.9. The van der Waals surface area contributed by atoms with Crippen LogP contribution in [0.1, 0.15) is 45.7 Å². The lowest BCUT2D eigenvalue weighted by Gasteiger charge is -2.28. The van der Waals surface area contributed by atoms with Crippen LogP contribution in [0.4, 0.5) is 0 Å². The van der Waals surface area contributed by atoms with Gasteiger partial charge in [0.05, 0.1) is 5.60 Å². The number of ether oxygens (including phenoxy) is 1. The van der Waals surface area contributed by atoms with Crippen molar-refractivity contribution in [3.05, 3.63) is 29.8 Å². The summed E-state index contributed by atoms with van der Waals surface area (Å²) in [4.78, 5) is 0. The Labute approximate surface area is 110 Å². The first-order valence-electron chi connectivity index (χ1n) is 6.65. The van der Waals surface area contributed by atoms with Crippen LogP contribution in [0.5, 0.6) is 5.75 Å². The first kappa shape index (κ1) is 15.0. The summed E-state index contributed by atoms with van der Waals surface area (Å²) >= 11 is 0. The molecule has 3 nitrogen and oxygen atoms in total. The van der Waals surface area contributed by atoms with E-state index >= 15 is 0 Å². The summed E-state index contributed by atoms with van der Waals surface area (Å²) < 4.78 is 5.67. The van der Waals surface area contributed by atoms with Crippen LogP contribution < -0.4 is 5.32 Å². The number of hydrogen-bond acceptors (Lipinski definition) is 3. The topological polar surface area (TPSA) is 41.5 Å². The van der Waals surface area contributed by atoms with Crippen molar-refractivity contribution in [3.8, 4) is 5.75 Å². The molecule has 0 bridgehead atoms. The molecule has 0 fully saturated rings. The molecule has 1 atom stereocenters. The Morgan fingerprint density at radius 1 is 1.28 bits per heavy atom. The number of phenols is 1. The highest BCUT2D eigenvalue weighted by Crippen LogP contribution is 2.26. The molecule has 2 N–H and O–H groups in total. The van der Waals surface area contributed by atoms with Crippen LogP contribution >= 0.6 is 0 Å². The standard InChI is InChI=1S/C15H25NO2/c1-5-13(12-9-7-8-10-14(12)17)16-11-15(3,4)18-6-2/h7-10,13,16-17H,5-6,11H2,1-4H3. The number of benzene rings is 1. The molecular formula is C15H25NO2. The van der Waals surface area contributed by atoms with Crippen LogP contribution in [0, 0.1) is 0 Å². The van der Waals surface area contributed by atoms with E-state index in [9.17, 15) is 5.11 Å². The van der Waals surface area contributed by atoms with Gasteiger partial charge in [0.1, 0.15) is 5.75 Å². The molecule has 0 aliphatic rings. The van der Waals surface area contributed by atoms with Gasteiger partial charge >= 0.3 is 0 Å². The second-order valence-corrected chi connectivity index (χ2v) is 5.09. The van der Waals surface area contributed by atoms with E-state index in [0.29, 0.717) is 12.4 Å². The third-order valence-corrected chi connectivity index (χ3v) is 3.03. The Morgan fingerprint density at radius 3 is 2.50 bits per heavy atom. The van der Waals surface area contributed by atoms with Gasteiger partial charge in [-0.2, -0.15) is 0 Å². The van der Waals surface area contributed by atoms with Crippen molar-refractivity contribution in [1.82, 2.24) is 5.32 Å². The molecule has 1 aromatic rings. The third-order valence-electron chi connectivity index (χ3n) is 3.03. The molecular weight excluding hydrogens is 226 g/mol. The SMILES string of the molecule is CCOC(C)(C)CNC(CC)c1ccccc1O. The normalized spacial score (nSPS) is 13.6. The summed E-state index contributed by atoms with van der Waals surface area (Å²) in [5.41, 5.74) is 0.763. The molecule has 0 aliphatic carbocycles. The van der Waals surface area contributed by atoms with Gasteiger partial charge in [-0.05, 0) is 33.3 Å². The van der Waals surface area contributed by atoms with Gasteiger partial charge in [-0.25, -0.2) is 0 Å². The zero-order valence-corrected chi connectivity index (χ0v) is 11.9. The number of para-hydroxylation sites is 1. The van der Waals surface area contributed by atoms with Crippen molar-refractivity contribution in [1.29, 1.82) is 0 Å². The molecule has 0 aliphatic heterocycles.